The fraction of sp³-hybridized carbons (Fsp3) is 0.240. The Bertz CT molecular complexity index is 864. The molecule has 1 aliphatic heterocycles. The Morgan fingerprint density at radius 3 is 1.93 bits per heavy atom. The third kappa shape index (κ3) is 3.88. The van der Waals surface area contributed by atoms with Crippen LogP contribution in [0.25, 0.3) is 0 Å². The first kappa shape index (κ1) is 17.4. The molecule has 2 nitrogen and oxygen atoms in total. The molecule has 1 fully saturated rings. The zero-order valence-electron chi connectivity index (χ0n) is 15.5. The van der Waals surface area contributed by atoms with E-state index in [2.05, 4.69) is 77.7 Å². The zero-order chi connectivity index (χ0) is 18.5. The molecule has 0 amide bonds. The summed E-state index contributed by atoms with van der Waals surface area (Å²) in [5, 5.41) is 9.16. The van der Waals surface area contributed by atoms with Crippen LogP contribution in [0.4, 0.5) is 5.69 Å². The molecule has 0 atom stereocenters. The van der Waals surface area contributed by atoms with Crippen LogP contribution in [0.2, 0.25) is 0 Å². The predicted molar refractivity (Wildman–Crippen MR) is 111 cm³/mol. The Morgan fingerprint density at radius 1 is 0.778 bits per heavy atom. The van der Waals surface area contributed by atoms with E-state index in [1.165, 1.54) is 16.8 Å². The molecular formula is C25H24N2. The van der Waals surface area contributed by atoms with Crippen molar-refractivity contribution in [2.75, 3.05) is 18.0 Å². The maximum atomic E-state index is 9.16. The highest BCUT2D eigenvalue weighted by Gasteiger charge is 2.29. The summed E-state index contributed by atoms with van der Waals surface area (Å²) in [5.41, 5.74) is 4.73. The maximum absolute atomic E-state index is 9.16. The highest BCUT2D eigenvalue weighted by molar-refractivity contribution is 5.52. The number of hydrogen-bond acceptors (Lipinski definition) is 2. The standard InChI is InChI=1S/C25H24N2/c26-19-20-8-7-13-24(18-20)27-16-14-23(15-17-27)25(21-9-3-1-4-10-21)22-11-5-2-6-12-22/h1-13,18,23,25H,14-17H2. The van der Waals surface area contributed by atoms with Gasteiger partial charge in [-0.2, -0.15) is 5.26 Å². The van der Waals surface area contributed by atoms with E-state index in [1.54, 1.807) is 0 Å². The molecule has 3 aromatic rings. The summed E-state index contributed by atoms with van der Waals surface area (Å²) in [6.07, 6.45) is 2.32. The summed E-state index contributed by atoms with van der Waals surface area (Å²) in [6.45, 7) is 2.07. The van der Waals surface area contributed by atoms with E-state index in [9.17, 15) is 0 Å². The largest absolute Gasteiger partial charge is 0.371 e. The van der Waals surface area contributed by atoms with Crippen LogP contribution in [0.1, 0.15) is 35.4 Å². The van der Waals surface area contributed by atoms with Crippen LogP contribution < -0.4 is 4.90 Å². The summed E-state index contributed by atoms with van der Waals surface area (Å²) in [5.74, 6) is 1.07. The van der Waals surface area contributed by atoms with Crippen LogP contribution in [0, 0.1) is 17.2 Å². The molecule has 2 heteroatoms. The monoisotopic (exact) mass is 352 g/mol. The number of rotatable bonds is 4. The smallest absolute Gasteiger partial charge is 0.0992 e. The lowest BCUT2D eigenvalue weighted by atomic mass is 9.76. The van der Waals surface area contributed by atoms with Crippen molar-refractivity contribution in [3.8, 4) is 6.07 Å². The average molecular weight is 352 g/mol. The molecule has 4 rings (SSSR count). The van der Waals surface area contributed by atoms with Gasteiger partial charge < -0.3 is 4.90 Å². The van der Waals surface area contributed by atoms with Crippen molar-refractivity contribution in [2.24, 2.45) is 5.92 Å². The molecule has 1 aliphatic rings. The molecule has 0 N–H and O–H groups in total. The molecule has 134 valence electrons. The molecule has 0 bridgehead atoms. The minimum Gasteiger partial charge on any atom is -0.371 e. The van der Waals surface area contributed by atoms with Gasteiger partial charge in [-0.1, -0.05) is 66.7 Å². The summed E-state index contributed by atoms with van der Waals surface area (Å²) in [4.78, 5) is 2.42. The predicted octanol–water partition coefficient (Wildman–Crippen LogP) is 5.61. The molecule has 0 aromatic heterocycles. The molecule has 1 heterocycles. The van der Waals surface area contributed by atoms with Crippen molar-refractivity contribution in [3.63, 3.8) is 0 Å². The Kier molecular flexibility index (Phi) is 5.21. The first-order valence-electron chi connectivity index (χ1n) is 9.70. The third-order valence-electron chi connectivity index (χ3n) is 5.67. The van der Waals surface area contributed by atoms with Gasteiger partial charge in [0.25, 0.3) is 0 Å². The van der Waals surface area contributed by atoms with Gasteiger partial charge in [0.15, 0.2) is 0 Å². The van der Waals surface area contributed by atoms with Crippen LogP contribution in [0.3, 0.4) is 0 Å². The van der Waals surface area contributed by atoms with Crippen molar-refractivity contribution in [3.05, 3.63) is 102 Å². The lowest BCUT2D eigenvalue weighted by Crippen LogP contribution is -2.35. The first-order chi connectivity index (χ1) is 13.3. The van der Waals surface area contributed by atoms with E-state index >= 15 is 0 Å². The van der Waals surface area contributed by atoms with Crippen LogP contribution in [-0.2, 0) is 0 Å². The molecule has 0 spiro atoms. The Hall–Kier alpha value is -3.05. The van der Waals surface area contributed by atoms with Crippen molar-refractivity contribution >= 4 is 5.69 Å². The normalized spacial score (nSPS) is 14.9. The average Bonchev–Trinajstić information content (AvgIpc) is 2.76. The first-order valence-corrected chi connectivity index (χ1v) is 9.70. The van der Waals surface area contributed by atoms with Gasteiger partial charge in [-0.05, 0) is 48.1 Å². The van der Waals surface area contributed by atoms with Crippen LogP contribution in [0.5, 0.6) is 0 Å². The van der Waals surface area contributed by atoms with Gasteiger partial charge in [-0.15, -0.1) is 0 Å². The maximum Gasteiger partial charge on any atom is 0.0992 e. The number of anilines is 1. The van der Waals surface area contributed by atoms with E-state index in [0.29, 0.717) is 11.8 Å². The molecule has 27 heavy (non-hydrogen) atoms. The fourth-order valence-corrected chi connectivity index (χ4v) is 4.32. The number of hydrogen-bond donors (Lipinski definition) is 0. The Morgan fingerprint density at radius 2 is 1.37 bits per heavy atom. The van der Waals surface area contributed by atoms with Gasteiger partial charge in [-0.25, -0.2) is 0 Å². The zero-order valence-corrected chi connectivity index (χ0v) is 15.5. The van der Waals surface area contributed by atoms with E-state index in [4.69, 9.17) is 5.26 Å². The third-order valence-corrected chi connectivity index (χ3v) is 5.67. The van der Waals surface area contributed by atoms with Crippen molar-refractivity contribution < 1.29 is 0 Å². The molecular weight excluding hydrogens is 328 g/mol. The van der Waals surface area contributed by atoms with E-state index in [-0.39, 0.29) is 0 Å². The SMILES string of the molecule is N#Cc1cccc(N2CCC(C(c3ccccc3)c3ccccc3)CC2)c1. The van der Waals surface area contributed by atoms with E-state index in [0.717, 1.165) is 31.5 Å². The molecule has 3 aromatic carbocycles. The molecule has 0 saturated carbocycles. The van der Waals surface area contributed by atoms with Crippen LogP contribution in [0.15, 0.2) is 84.9 Å². The van der Waals surface area contributed by atoms with Gasteiger partial charge in [0, 0.05) is 24.7 Å². The van der Waals surface area contributed by atoms with Gasteiger partial charge >= 0.3 is 0 Å². The van der Waals surface area contributed by atoms with Crippen LogP contribution >= 0.6 is 0 Å². The van der Waals surface area contributed by atoms with Crippen molar-refractivity contribution in [1.29, 1.82) is 5.26 Å². The second kappa shape index (κ2) is 8.10. The highest BCUT2D eigenvalue weighted by Crippen LogP contribution is 2.38. The topological polar surface area (TPSA) is 27.0 Å². The van der Waals surface area contributed by atoms with Gasteiger partial charge in [0.05, 0.1) is 11.6 Å². The van der Waals surface area contributed by atoms with Crippen molar-refractivity contribution in [2.45, 2.75) is 18.8 Å². The minimum absolute atomic E-state index is 0.444. The Labute approximate surface area is 161 Å². The second-order valence-electron chi connectivity index (χ2n) is 7.29. The fourth-order valence-electron chi connectivity index (χ4n) is 4.32. The lowest BCUT2D eigenvalue weighted by Gasteiger charge is -2.38. The van der Waals surface area contributed by atoms with Crippen LogP contribution in [-0.4, -0.2) is 13.1 Å². The minimum atomic E-state index is 0.444. The number of piperidine rings is 1. The lowest BCUT2D eigenvalue weighted by molar-refractivity contribution is 0.368. The second-order valence-corrected chi connectivity index (χ2v) is 7.29. The number of benzene rings is 3. The Balaban J connectivity index is 1.54. The van der Waals surface area contributed by atoms with Gasteiger partial charge in [-0.3, -0.25) is 0 Å². The summed E-state index contributed by atoms with van der Waals surface area (Å²) in [6, 6.07) is 32.1. The molecule has 1 saturated heterocycles. The van der Waals surface area contributed by atoms with E-state index in [1.807, 2.05) is 18.2 Å². The number of nitriles is 1. The molecule has 0 radical (unpaired) electrons. The van der Waals surface area contributed by atoms with Gasteiger partial charge in [0.1, 0.15) is 0 Å². The summed E-state index contributed by atoms with van der Waals surface area (Å²) >= 11 is 0. The van der Waals surface area contributed by atoms with Gasteiger partial charge in [0.2, 0.25) is 0 Å². The van der Waals surface area contributed by atoms with E-state index < -0.39 is 0 Å². The molecule has 0 aliphatic carbocycles. The van der Waals surface area contributed by atoms with Crippen molar-refractivity contribution in [1.82, 2.24) is 0 Å². The highest BCUT2D eigenvalue weighted by atomic mass is 15.1. The quantitative estimate of drug-likeness (QED) is 0.610. The number of nitrogens with zero attached hydrogens (tertiary/aromatic N) is 2. The summed E-state index contributed by atoms with van der Waals surface area (Å²) in [7, 11) is 0. The molecule has 0 unspecified atom stereocenters. The summed E-state index contributed by atoms with van der Waals surface area (Å²) < 4.78 is 0.